The first-order chi connectivity index (χ1) is 9.93. The van der Waals surface area contributed by atoms with Gasteiger partial charge in [0.15, 0.2) is 11.5 Å². The molecule has 2 N–H and O–H groups in total. The van der Waals surface area contributed by atoms with Gasteiger partial charge in [0, 0.05) is 7.05 Å². The Bertz CT molecular complexity index is 566. The van der Waals surface area contributed by atoms with Crippen LogP contribution in [-0.2, 0) is 0 Å². The van der Waals surface area contributed by atoms with E-state index in [0.717, 1.165) is 0 Å². The van der Waals surface area contributed by atoms with Gasteiger partial charge in [-0.15, -0.1) is 0 Å². The molecule has 0 saturated carbocycles. The number of nitrogens with zero attached hydrogens (tertiary/aromatic N) is 1. The van der Waals surface area contributed by atoms with Crippen molar-refractivity contribution in [1.82, 2.24) is 10.2 Å². The van der Waals surface area contributed by atoms with Crippen LogP contribution >= 0.6 is 0 Å². The SMILES string of the molecule is CCOc1cc(C2C(=N)NC(=O)N2C)ccc1OC(F)F. The van der Waals surface area contributed by atoms with Crippen LogP contribution in [0.2, 0.25) is 0 Å². The second kappa shape index (κ2) is 5.94. The van der Waals surface area contributed by atoms with E-state index in [2.05, 4.69) is 10.1 Å². The number of halogens is 2. The van der Waals surface area contributed by atoms with Crippen LogP contribution in [0.4, 0.5) is 13.6 Å². The van der Waals surface area contributed by atoms with Crippen molar-refractivity contribution in [3.8, 4) is 11.5 Å². The highest BCUT2D eigenvalue weighted by atomic mass is 19.3. The maximum atomic E-state index is 12.3. The van der Waals surface area contributed by atoms with Crippen LogP contribution in [0.5, 0.6) is 11.5 Å². The lowest BCUT2D eigenvalue weighted by Gasteiger charge is -2.20. The summed E-state index contributed by atoms with van der Waals surface area (Å²) in [6.07, 6.45) is 0. The molecule has 0 aromatic heterocycles. The Morgan fingerprint density at radius 2 is 2.14 bits per heavy atom. The molecule has 0 aliphatic carbocycles. The number of alkyl halides is 2. The smallest absolute Gasteiger partial charge is 0.387 e. The Labute approximate surface area is 120 Å². The summed E-state index contributed by atoms with van der Waals surface area (Å²) in [6.45, 7) is -0.961. The number of hydrogen-bond donors (Lipinski definition) is 2. The van der Waals surface area contributed by atoms with E-state index in [1.807, 2.05) is 0 Å². The van der Waals surface area contributed by atoms with Crippen LogP contribution in [0.25, 0.3) is 0 Å². The third kappa shape index (κ3) is 3.04. The van der Waals surface area contributed by atoms with Gasteiger partial charge in [0.1, 0.15) is 11.9 Å². The highest BCUT2D eigenvalue weighted by Crippen LogP contribution is 2.34. The van der Waals surface area contributed by atoms with E-state index in [4.69, 9.17) is 10.1 Å². The Hall–Kier alpha value is -2.38. The Morgan fingerprint density at radius 1 is 1.43 bits per heavy atom. The Balaban J connectivity index is 2.35. The number of ether oxygens (including phenoxy) is 2. The summed E-state index contributed by atoms with van der Waals surface area (Å²) in [7, 11) is 1.55. The first-order valence-electron chi connectivity index (χ1n) is 6.27. The summed E-state index contributed by atoms with van der Waals surface area (Å²) in [5.74, 6) is 0.0883. The molecule has 1 unspecified atom stereocenters. The van der Waals surface area contributed by atoms with Crippen molar-refractivity contribution < 1.29 is 23.0 Å². The fourth-order valence-electron chi connectivity index (χ4n) is 2.13. The van der Waals surface area contributed by atoms with Gasteiger partial charge in [0.05, 0.1) is 6.61 Å². The molecule has 1 aromatic carbocycles. The molecule has 0 bridgehead atoms. The van der Waals surface area contributed by atoms with Crippen LogP contribution in [0.1, 0.15) is 18.5 Å². The molecule has 114 valence electrons. The molecular weight excluding hydrogens is 284 g/mol. The van der Waals surface area contributed by atoms with E-state index in [1.54, 1.807) is 14.0 Å². The fraction of sp³-hybridized carbons (Fsp3) is 0.385. The van der Waals surface area contributed by atoms with Crippen LogP contribution in [0.15, 0.2) is 18.2 Å². The predicted octanol–water partition coefficient (Wildman–Crippen LogP) is 2.36. The number of amides is 2. The van der Waals surface area contributed by atoms with Crippen molar-refractivity contribution in [3.63, 3.8) is 0 Å². The topological polar surface area (TPSA) is 74.7 Å². The number of carbonyl (C=O) groups is 1. The van der Waals surface area contributed by atoms with Crippen LogP contribution in [-0.4, -0.2) is 37.0 Å². The molecule has 1 heterocycles. The molecule has 2 amide bonds. The third-order valence-corrected chi connectivity index (χ3v) is 3.02. The molecule has 21 heavy (non-hydrogen) atoms. The van der Waals surface area contributed by atoms with E-state index in [-0.39, 0.29) is 23.9 Å². The van der Waals surface area contributed by atoms with Gasteiger partial charge in [0.25, 0.3) is 0 Å². The maximum absolute atomic E-state index is 12.3. The van der Waals surface area contributed by atoms with Crippen LogP contribution in [0, 0.1) is 5.41 Å². The van der Waals surface area contributed by atoms with E-state index >= 15 is 0 Å². The molecule has 1 atom stereocenters. The van der Waals surface area contributed by atoms with Gasteiger partial charge in [-0.25, -0.2) is 4.79 Å². The van der Waals surface area contributed by atoms with Crippen LogP contribution in [0.3, 0.4) is 0 Å². The number of rotatable bonds is 5. The fourth-order valence-corrected chi connectivity index (χ4v) is 2.13. The monoisotopic (exact) mass is 299 g/mol. The number of likely N-dealkylation sites (N-methyl/N-ethyl adjacent to an activating group) is 1. The molecule has 1 fully saturated rings. The van der Waals surface area contributed by atoms with Gasteiger partial charge in [-0.05, 0) is 24.6 Å². The van der Waals surface area contributed by atoms with E-state index in [1.165, 1.54) is 23.1 Å². The zero-order valence-corrected chi connectivity index (χ0v) is 11.5. The zero-order valence-electron chi connectivity index (χ0n) is 11.5. The Kier molecular flexibility index (Phi) is 4.25. The summed E-state index contributed by atoms with van der Waals surface area (Å²) >= 11 is 0. The van der Waals surface area contributed by atoms with Crippen molar-refractivity contribution in [2.24, 2.45) is 0 Å². The molecule has 1 aliphatic heterocycles. The number of hydrogen-bond acceptors (Lipinski definition) is 4. The lowest BCUT2D eigenvalue weighted by atomic mass is 10.1. The molecule has 1 aliphatic rings. The zero-order chi connectivity index (χ0) is 15.6. The Morgan fingerprint density at radius 3 is 2.67 bits per heavy atom. The minimum Gasteiger partial charge on any atom is -0.490 e. The van der Waals surface area contributed by atoms with Gasteiger partial charge in [-0.1, -0.05) is 6.07 Å². The first kappa shape index (κ1) is 15.0. The van der Waals surface area contributed by atoms with E-state index in [9.17, 15) is 13.6 Å². The molecular formula is C13H15F2N3O3. The third-order valence-electron chi connectivity index (χ3n) is 3.02. The van der Waals surface area contributed by atoms with Gasteiger partial charge < -0.3 is 14.4 Å². The molecule has 8 heteroatoms. The number of carbonyl (C=O) groups excluding carboxylic acids is 1. The van der Waals surface area contributed by atoms with E-state index in [0.29, 0.717) is 5.56 Å². The van der Waals surface area contributed by atoms with Gasteiger partial charge in [0.2, 0.25) is 0 Å². The van der Waals surface area contributed by atoms with Gasteiger partial charge >= 0.3 is 12.6 Å². The highest BCUT2D eigenvalue weighted by Gasteiger charge is 2.34. The molecule has 6 nitrogen and oxygen atoms in total. The average molecular weight is 299 g/mol. The molecule has 0 radical (unpaired) electrons. The summed E-state index contributed by atoms with van der Waals surface area (Å²) in [4.78, 5) is 12.9. The minimum absolute atomic E-state index is 0.0208. The molecule has 0 spiro atoms. The number of benzene rings is 1. The van der Waals surface area contributed by atoms with Crippen LogP contribution < -0.4 is 14.8 Å². The van der Waals surface area contributed by atoms with Crippen molar-refractivity contribution in [3.05, 3.63) is 23.8 Å². The summed E-state index contributed by atoms with van der Waals surface area (Å²) in [6, 6.07) is 3.37. The van der Waals surface area contributed by atoms with E-state index < -0.39 is 18.7 Å². The molecule has 1 aromatic rings. The highest BCUT2D eigenvalue weighted by molar-refractivity contribution is 6.05. The average Bonchev–Trinajstić information content (AvgIpc) is 2.65. The van der Waals surface area contributed by atoms with Crippen molar-refractivity contribution >= 4 is 11.9 Å². The van der Waals surface area contributed by atoms with Crippen molar-refractivity contribution in [1.29, 1.82) is 5.41 Å². The second-order valence-corrected chi connectivity index (χ2v) is 4.37. The maximum Gasteiger partial charge on any atom is 0.387 e. The summed E-state index contributed by atoms with van der Waals surface area (Å²) in [5.41, 5.74) is 0.575. The lowest BCUT2D eigenvalue weighted by molar-refractivity contribution is -0.0514. The molecule has 2 rings (SSSR count). The summed E-state index contributed by atoms with van der Waals surface area (Å²) in [5, 5.41) is 10.2. The minimum atomic E-state index is -2.95. The van der Waals surface area contributed by atoms with Crippen molar-refractivity contribution in [2.75, 3.05) is 13.7 Å². The number of amidine groups is 1. The quantitative estimate of drug-likeness (QED) is 0.876. The standard InChI is InChI=1S/C13H15F2N3O3/c1-3-20-9-6-7(4-5-8(9)21-12(14)15)10-11(16)17-13(19)18(10)2/h4-6,10,12H,3H2,1-2H3,(H2,16,17,19). The van der Waals surface area contributed by atoms with Gasteiger partial charge in [-0.3, -0.25) is 10.7 Å². The number of nitrogens with one attached hydrogen (secondary N) is 2. The number of urea groups is 1. The molecule has 1 saturated heterocycles. The normalized spacial score (nSPS) is 18.1. The largest absolute Gasteiger partial charge is 0.490 e. The predicted molar refractivity (Wildman–Crippen MR) is 71.0 cm³/mol. The first-order valence-corrected chi connectivity index (χ1v) is 6.27. The van der Waals surface area contributed by atoms with Crippen molar-refractivity contribution in [2.45, 2.75) is 19.6 Å². The van der Waals surface area contributed by atoms with Gasteiger partial charge in [-0.2, -0.15) is 8.78 Å². The second-order valence-electron chi connectivity index (χ2n) is 4.37. The lowest BCUT2D eigenvalue weighted by Crippen LogP contribution is -2.25. The summed E-state index contributed by atoms with van der Waals surface area (Å²) < 4.78 is 34.4.